The highest BCUT2D eigenvalue weighted by Gasteiger charge is 2.17. The number of hydrogen-bond donors (Lipinski definition) is 2. The largest absolute Gasteiger partial charge is 0.507 e. The lowest BCUT2D eigenvalue weighted by Gasteiger charge is -2.09. The molecule has 0 aliphatic carbocycles. The van der Waals surface area contributed by atoms with Crippen LogP contribution in [-0.4, -0.2) is 11.0 Å². The van der Waals surface area contributed by atoms with Crippen molar-refractivity contribution in [1.82, 2.24) is 0 Å². The summed E-state index contributed by atoms with van der Waals surface area (Å²) in [5.74, 6) is -4.78. The molecule has 0 spiro atoms. The lowest BCUT2D eigenvalue weighted by Crippen LogP contribution is -2.15. The molecule has 0 unspecified atom stereocenters. The number of nitrogens with one attached hydrogen (secondary N) is 1. The number of benzene rings is 2. The summed E-state index contributed by atoms with van der Waals surface area (Å²) >= 11 is 1.92. The van der Waals surface area contributed by atoms with Crippen molar-refractivity contribution >= 4 is 34.2 Å². The molecule has 2 aromatic rings. The fraction of sp³-hybridized carbons (Fsp3) is 0. The molecule has 104 valence electrons. The Balaban J connectivity index is 2.35. The molecule has 3 nitrogen and oxygen atoms in total. The van der Waals surface area contributed by atoms with E-state index in [0.29, 0.717) is 15.7 Å². The van der Waals surface area contributed by atoms with Crippen LogP contribution in [0.1, 0.15) is 10.4 Å². The van der Waals surface area contributed by atoms with E-state index in [-0.39, 0.29) is 11.3 Å². The molecule has 0 aliphatic heterocycles. The summed E-state index contributed by atoms with van der Waals surface area (Å²) < 4.78 is 40.2. The molecule has 0 radical (unpaired) electrons. The molecular weight excluding hydrogens is 386 g/mol. The monoisotopic (exact) mass is 393 g/mol. The van der Waals surface area contributed by atoms with Gasteiger partial charge < -0.3 is 10.4 Å². The summed E-state index contributed by atoms with van der Waals surface area (Å²) in [5.41, 5.74) is -0.908. The lowest BCUT2D eigenvalue weighted by molar-refractivity contribution is 0.102. The molecule has 0 saturated heterocycles. The van der Waals surface area contributed by atoms with Gasteiger partial charge in [-0.15, -0.1) is 0 Å². The van der Waals surface area contributed by atoms with Gasteiger partial charge in [0.2, 0.25) is 0 Å². The van der Waals surface area contributed by atoms with Gasteiger partial charge in [0.15, 0.2) is 11.6 Å². The topological polar surface area (TPSA) is 49.3 Å². The summed E-state index contributed by atoms with van der Waals surface area (Å²) in [5, 5.41) is 11.5. The number of amides is 1. The van der Waals surface area contributed by atoms with E-state index in [9.17, 15) is 23.1 Å². The standard InChI is InChI=1S/C13H7F3INO2/c14-6-3-9(15)12(10(16)4-6)18-13(20)8-5-7(17)1-2-11(8)19/h1-5,19H,(H,18,20). The van der Waals surface area contributed by atoms with Crippen LogP contribution < -0.4 is 5.32 Å². The minimum absolute atomic E-state index is 0.139. The Labute approximate surface area is 125 Å². The first-order valence-corrected chi connectivity index (χ1v) is 6.41. The quantitative estimate of drug-likeness (QED) is 0.766. The molecule has 0 fully saturated rings. The van der Waals surface area contributed by atoms with Crippen molar-refractivity contribution in [3.05, 3.63) is 56.9 Å². The highest BCUT2D eigenvalue weighted by atomic mass is 127. The van der Waals surface area contributed by atoms with Crippen LogP contribution in [0.5, 0.6) is 5.75 Å². The molecule has 2 rings (SSSR count). The van der Waals surface area contributed by atoms with Crippen LogP contribution in [0, 0.1) is 21.0 Å². The van der Waals surface area contributed by atoms with Gasteiger partial charge in [-0.2, -0.15) is 0 Å². The molecule has 2 N–H and O–H groups in total. The normalized spacial score (nSPS) is 10.4. The predicted octanol–water partition coefficient (Wildman–Crippen LogP) is 3.67. The van der Waals surface area contributed by atoms with Crippen LogP contribution in [0.4, 0.5) is 18.9 Å². The van der Waals surface area contributed by atoms with E-state index in [1.165, 1.54) is 12.1 Å². The second-order valence-corrected chi connectivity index (χ2v) is 5.11. The third-order valence-corrected chi connectivity index (χ3v) is 3.12. The zero-order valence-corrected chi connectivity index (χ0v) is 11.9. The van der Waals surface area contributed by atoms with Crippen LogP contribution in [0.25, 0.3) is 0 Å². The van der Waals surface area contributed by atoms with E-state index in [2.05, 4.69) is 0 Å². The van der Waals surface area contributed by atoms with Gasteiger partial charge in [0.05, 0.1) is 5.56 Å². The molecule has 0 bridgehead atoms. The van der Waals surface area contributed by atoms with E-state index in [4.69, 9.17) is 0 Å². The SMILES string of the molecule is O=C(Nc1c(F)cc(F)cc1F)c1cc(I)ccc1O. The van der Waals surface area contributed by atoms with Crippen LogP contribution in [0.15, 0.2) is 30.3 Å². The van der Waals surface area contributed by atoms with Gasteiger partial charge in [0, 0.05) is 15.7 Å². The average Bonchev–Trinajstić information content (AvgIpc) is 2.36. The summed E-state index contributed by atoms with van der Waals surface area (Å²) in [6.45, 7) is 0. The van der Waals surface area contributed by atoms with Crippen molar-refractivity contribution in [1.29, 1.82) is 0 Å². The Bertz CT molecular complexity index is 668. The van der Waals surface area contributed by atoms with E-state index in [0.717, 1.165) is 0 Å². The summed E-state index contributed by atoms with van der Waals surface area (Å²) in [6.07, 6.45) is 0. The number of phenols is 1. The molecular formula is C13H7F3INO2. The maximum Gasteiger partial charge on any atom is 0.259 e. The Morgan fingerprint density at radius 3 is 2.30 bits per heavy atom. The first-order chi connectivity index (χ1) is 9.38. The first-order valence-electron chi connectivity index (χ1n) is 5.33. The summed E-state index contributed by atoms with van der Waals surface area (Å²) in [7, 11) is 0. The summed E-state index contributed by atoms with van der Waals surface area (Å²) in [6, 6.07) is 5.10. The molecule has 7 heteroatoms. The molecule has 2 aromatic carbocycles. The Hall–Kier alpha value is -1.77. The highest BCUT2D eigenvalue weighted by Crippen LogP contribution is 2.24. The van der Waals surface area contributed by atoms with Gasteiger partial charge >= 0.3 is 0 Å². The van der Waals surface area contributed by atoms with Gasteiger partial charge in [-0.05, 0) is 40.8 Å². The molecule has 1 amide bonds. The number of rotatable bonds is 2. The molecule has 0 saturated carbocycles. The van der Waals surface area contributed by atoms with E-state index in [1.807, 2.05) is 27.9 Å². The summed E-state index contributed by atoms with van der Waals surface area (Å²) in [4.78, 5) is 11.9. The number of aromatic hydroxyl groups is 1. The smallest absolute Gasteiger partial charge is 0.259 e. The van der Waals surface area contributed by atoms with Gasteiger partial charge in [-0.3, -0.25) is 4.79 Å². The zero-order chi connectivity index (χ0) is 14.9. The van der Waals surface area contributed by atoms with Crippen molar-refractivity contribution in [2.24, 2.45) is 0 Å². The average molecular weight is 393 g/mol. The van der Waals surface area contributed by atoms with Crippen LogP contribution >= 0.6 is 22.6 Å². The number of halogens is 4. The van der Waals surface area contributed by atoms with Gasteiger partial charge in [-0.1, -0.05) is 0 Å². The third-order valence-electron chi connectivity index (χ3n) is 2.45. The number of phenolic OH excluding ortho intramolecular Hbond substituents is 1. The number of carbonyl (C=O) groups is 1. The minimum Gasteiger partial charge on any atom is -0.507 e. The number of hydrogen-bond acceptors (Lipinski definition) is 2. The Kier molecular flexibility index (Phi) is 4.17. The van der Waals surface area contributed by atoms with Crippen molar-refractivity contribution in [2.45, 2.75) is 0 Å². The predicted molar refractivity (Wildman–Crippen MR) is 75.1 cm³/mol. The van der Waals surface area contributed by atoms with Gasteiger partial charge in [0.25, 0.3) is 5.91 Å². The maximum absolute atomic E-state index is 13.4. The second-order valence-electron chi connectivity index (χ2n) is 3.86. The molecule has 0 aliphatic rings. The van der Waals surface area contributed by atoms with Gasteiger partial charge in [0.1, 0.15) is 17.3 Å². The number of carbonyl (C=O) groups excluding carboxylic acids is 1. The van der Waals surface area contributed by atoms with Crippen LogP contribution in [0.3, 0.4) is 0 Å². The van der Waals surface area contributed by atoms with Crippen LogP contribution in [0.2, 0.25) is 0 Å². The van der Waals surface area contributed by atoms with Gasteiger partial charge in [-0.25, -0.2) is 13.2 Å². The molecule has 20 heavy (non-hydrogen) atoms. The zero-order valence-electron chi connectivity index (χ0n) is 9.75. The fourth-order valence-electron chi connectivity index (χ4n) is 1.53. The van der Waals surface area contributed by atoms with Crippen molar-refractivity contribution in [3.63, 3.8) is 0 Å². The van der Waals surface area contributed by atoms with E-state index < -0.39 is 29.0 Å². The molecule has 0 heterocycles. The van der Waals surface area contributed by atoms with E-state index >= 15 is 0 Å². The van der Waals surface area contributed by atoms with Crippen molar-refractivity contribution in [3.8, 4) is 5.75 Å². The third kappa shape index (κ3) is 3.03. The minimum atomic E-state index is -1.24. The van der Waals surface area contributed by atoms with E-state index in [1.54, 1.807) is 6.07 Å². The fourth-order valence-corrected chi connectivity index (χ4v) is 2.02. The van der Waals surface area contributed by atoms with Crippen LogP contribution in [-0.2, 0) is 0 Å². The van der Waals surface area contributed by atoms with Crippen molar-refractivity contribution < 1.29 is 23.1 Å². The Morgan fingerprint density at radius 2 is 1.70 bits per heavy atom. The lowest BCUT2D eigenvalue weighted by atomic mass is 10.2. The second kappa shape index (κ2) is 5.70. The maximum atomic E-state index is 13.4. The highest BCUT2D eigenvalue weighted by molar-refractivity contribution is 14.1. The first kappa shape index (κ1) is 14.6. The Morgan fingerprint density at radius 1 is 1.10 bits per heavy atom. The number of anilines is 1. The molecule has 0 atom stereocenters. The molecule has 0 aromatic heterocycles. The van der Waals surface area contributed by atoms with Crippen molar-refractivity contribution in [2.75, 3.05) is 5.32 Å².